The Morgan fingerprint density at radius 2 is 1.52 bits per heavy atom. The number of dihydropyridines is 1. The van der Waals surface area contributed by atoms with Gasteiger partial charge in [-0.15, -0.1) is 0 Å². The Morgan fingerprint density at radius 1 is 0.738 bits per heavy atom. The summed E-state index contributed by atoms with van der Waals surface area (Å²) in [5, 5.41) is 3.93. The first-order valence-corrected chi connectivity index (χ1v) is 15.8. The van der Waals surface area contributed by atoms with Gasteiger partial charge in [0.2, 0.25) is 0 Å². The smallest absolute Gasteiger partial charge is 0.0773 e. The largest absolute Gasteiger partial charge is 0.374 e. The van der Waals surface area contributed by atoms with Crippen LogP contribution in [0.25, 0.3) is 28.5 Å². The van der Waals surface area contributed by atoms with Crippen molar-refractivity contribution in [3.63, 3.8) is 0 Å². The molecule has 2 heteroatoms. The quantitative estimate of drug-likeness (QED) is 0.268. The van der Waals surface area contributed by atoms with E-state index in [9.17, 15) is 0 Å². The van der Waals surface area contributed by atoms with E-state index in [0.717, 1.165) is 18.5 Å². The molecule has 2 heterocycles. The van der Waals surface area contributed by atoms with Crippen molar-refractivity contribution in [2.45, 2.75) is 47.9 Å². The van der Waals surface area contributed by atoms with Gasteiger partial charge in [-0.25, -0.2) is 0 Å². The molecular weight excluding hydrogens is 527 g/mol. The molecule has 0 amide bonds. The minimum absolute atomic E-state index is 0.0388. The molecule has 0 radical (unpaired) electrons. The van der Waals surface area contributed by atoms with Crippen LogP contribution in [0, 0.1) is 0 Å². The van der Waals surface area contributed by atoms with E-state index in [1.54, 1.807) is 0 Å². The lowest BCUT2D eigenvalue weighted by atomic mass is 9.83. The summed E-state index contributed by atoms with van der Waals surface area (Å²) in [6, 6.07) is 33.3. The van der Waals surface area contributed by atoms with Gasteiger partial charge in [-0.05, 0) is 74.6 Å². The maximum absolute atomic E-state index is 3.93. The number of benzene rings is 4. The zero-order valence-electron chi connectivity index (χ0n) is 24.0. The number of hydrogen-bond acceptors (Lipinski definition) is 2. The van der Waals surface area contributed by atoms with Gasteiger partial charge in [-0.2, -0.15) is 0 Å². The molecule has 0 fully saturated rings. The van der Waals surface area contributed by atoms with Crippen LogP contribution in [0.4, 0.5) is 0 Å². The topological polar surface area (TPSA) is 12.0 Å². The third kappa shape index (κ3) is 4.08. The second-order valence-electron chi connectivity index (χ2n) is 12.1. The van der Waals surface area contributed by atoms with Gasteiger partial charge in [-0.3, -0.25) is 0 Å². The molecule has 204 valence electrons. The first kappa shape index (κ1) is 25.4. The highest BCUT2D eigenvalue weighted by Crippen LogP contribution is 2.54. The Bertz CT molecular complexity index is 1880. The third-order valence-electron chi connectivity index (χ3n) is 9.13. The normalized spacial score (nSPS) is 19.5. The fraction of sp³-hybridized carbons (Fsp3) is 0.150. The molecule has 4 aromatic carbocycles. The van der Waals surface area contributed by atoms with Crippen LogP contribution < -0.4 is 5.32 Å². The molecule has 4 aromatic rings. The van der Waals surface area contributed by atoms with Crippen molar-refractivity contribution < 1.29 is 0 Å². The highest BCUT2D eigenvalue weighted by atomic mass is 32.2. The molecule has 1 unspecified atom stereocenters. The monoisotopic (exact) mass is 559 g/mol. The molecular formula is C40H33NS. The van der Waals surface area contributed by atoms with Crippen LogP contribution in [0.15, 0.2) is 131 Å². The van der Waals surface area contributed by atoms with E-state index < -0.39 is 0 Å². The average molecular weight is 560 g/mol. The summed E-state index contributed by atoms with van der Waals surface area (Å²) >= 11 is 1.97. The molecule has 1 atom stereocenters. The van der Waals surface area contributed by atoms with Gasteiger partial charge >= 0.3 is 0 Å². The summed E-state index contributed by atoms with van der Waals surface area (Å²) < 4.78 is 0. The maximum Gasteiger partial charge on any atom is 0.0773 e. The molecule has 0 aromatic heterocycles. The Labute approximate surface area is 253 Å². The fourth-order valence-electron chi connectivity index (χ4n) is 6.94. The SMILES string of the molecule is CC1(C)C=Cc2c1ccc1c2Sc2c(C3=CC=C(c4ccccc4)NC3c3ccccc3)cccc2C2=C1CCC=C2. The Balaban J connectivity index is 1.35. The molecule has 1 nitrogen and oxygen atoms in total. The van der Waals surface area contributed by atoms with Gasteiger partial charge in [0.25, 0.3) is 0 Å². The van der Waals surface area contributed by atoms with Crippen LogP contribution in [0.2, 0.25) is 0 Å². The van der Waals surface area contributed by atoms with Crippen LogP contribution in [0.3, 0.4) is 0 Å². The van der Waals surface area contributed by atoms with Crippen LogP contribution in [0.1, 0.15) is 71.7 Å². The Hall–Kier alpha value is -4.27. The minimum atomic E-state index is 0.0388. The van der Waals surface area contributed by atoms with Crippen molar-refractivity contribution in [3.8, 4) is 0 Å². The maximum atomic E-state index is 3.93. The summed E-state index contributed by atoms with van der Waals surface area (Å²) in [5.74, 6) is 0. The van der Waals surface area contributed by atoms with Crippen LogP contribution in [-0.2, 0) is 5.41 Å². The van der Waals surface area contributed by atoms with Gasteiger partial charge in [0.15, 0.2) is 0 Å². The Kier molecular flexibility index (Phi) is 6.01. The molecule has 0 saturated heterocycles. The standard InChI is InChI=1S/C40H33NS/c1-40(2)25-24-34-35(40)22-20-33-29-17-10-9-16-28(29)31-18-11-19-32(38(31)42-39(33)34)30-21-23-36(26-12-5-3-6-13-26)41-37(30)27-14-7-4-8-15-27/h3-9,11-16,18-25,37,41H,10,17H2,1-2H3. The zero-order valence-corrected chi connectivity index (χ0v) is 24.8. The van der Waals surface area contributed by atoms with Crippen LogP contribution >= 0.6 is 11.8 Å². The van der Waals surface area contributed by atoms with Gasteiger partial charge in [0.1, 0.15) is 0 Å². The van der Waals surface area contributed by atoms with Crippen molar-refractivity contribution in [2.75, 3.05) is 0 Å². The number of nitrogens with one attached hydrogen (secondary N) is 1. The lowest BCUT2D eigenvalue weighted by Gasteiger charge is -2.30. The van der Waals surface area contributed by atoms with Gasteiger partial charge in [-0.1, -0.05) is 147 Å². The average Bonchev–Trinajstić information content (AvgIpc) is 3.27. The minimum Gasteiger partial charge on any atom is -0.374 e. The van der Waals surface area contributed by atoms with Gasteiger partial charge in [0.05, 0.1) is 6.04 Å². The van der Waals surface area contributed by atoms with Crippen molar-refractivity contribution in [2.24, 2.45) is 0 Å². The van der Waals surface area contributed by atoms with E-state index in [2.05, 4.69) is 147 Å². The molecule has 0 saturated carbocycles. The molecule has 42 heavy (non-hydrogen) atoms. The van der Waals surface area contributed by atoms with Crippen molar-refractivity contribution >= 4 is 40.3 Å². The van der Waals surface area contributed by atoms with E-state index in [4.69, 9.17) is 0 Å². The summed E-state index contributed by atoms with van der Waals surface area (Å²) in [6.07, 6.45) is 16.3. The van der Waals surface area contributed by atoms with E-state index in [1.165, 1.54) is 65.5 Å². The van der Waals surface area contributed by atoms with E-state index in [-0.39, 0.29) is 11.5 Å². The van der Waals surface area contributed by atoms with E-state index in [1.807, 2.05) is 11.8 Å². The van der Waals surface area contributed by atoms with Crippen molar-refractivity contribution in [1.29, 1.82) is 0 Å². The molecule has 2 aliphatic heterocycles. The van der Waals surface area contributed by atoms with Gasteiger partial charge < -0.3 is 5.32 Å². The fourth-order valence-corrected chi connectivity index (χ4v) is 8.32. The number of fused-ring (bicyclic) bond motifs is 6. The van der Waals surface area contributed by atoms with E-state index in [0.29, 0.717) is 0 Å². The Morgan fingerprint density at radius 3 is 2.36 bits per heavy atom. The third-order valence-corrected chi connectivity index (χ3v) is 10.4. The lowest BCUT2D eigenvalue weighted by Crippen LogP contribution is -2.24. The summed E-state index contributed by atoms with van der Waals surface area (Å²) in [5.41, 5.74) is 14.7. The zero-order chi connectivity index (χ0) is 28.3. The number of rotatable bonds is 3. The highest BCUT2D eigenvalue weighted by Gasteiger charge is 2.33. The molecule has 0 spiro atoms. The molecule has 1 N–H and O–H groups in total. The second-order valence-corrected chi connectivity index (χ2v) is 13.2. The van der Waals surface area contributed by atoms with Crippen LogP contribution in [-0.4, -0.2) is 0 Å². The number of allylic oxidation sites excluding steroid dienone is 7. The second kappa shape index (κ2) is 9.93. The molecule has 4 aliphatic rings. The first-order valence-electron chi connectivity index (χ1n) is 15.0. The predicted octanol–water partition coefficient (Wildman–Crippen LogP) is 10.5. The van der Waals surface area contributed by atoms with Crippen molar-refractivity contribution in [1.82, 2.24) is 5.32 Å². The first-order chi connectivity index (χ1) is 20.6. The molecule has 0 bridgehead atoms. The summed E-state index contributed by atoms with van der Waals surface area (Å²) in [6.45, 7) is 4.66. The number of hydrogen-bond donors (Lipinski definition) is 1. The molecule has 2 aliphatic carbocycles. The van der Waals surface area contributed by atoms with E-state index >= 15 is 0 Å². The van der Waals surface area contributed by atoms with Crippen LogP contribution in [0.5, 0.6) is 0 Å². The molecule has 8 rings (SSSR count). The van der Waals surface area contributed by atoms with Gasteiger partial charge in [0, 0.05) is 20.9 Å². The predicted molar refractivity (Wildman–Crippen MR) is 179 cm³/mol. The van der Waals surface area contributed by atoms with Crippen molar-refractivity contribution in [3.05, 3.63) is 160 Å². The lowest BCUT2D eigenvalue weighted by molar-refractivity contribution is 0.681. The summed E-state index contributed by atoms with van der Waals surface area (Å²) in [7, 11) is 0. The summed E-state index contributed by atoms with van der Waals surface area (Å²) in [4.78, 5) is 2.76. The highest BCUT2D eigenvalue weighted by molar-refractivity contribution is 7.99.